The summed E-state index contributed by atoms with van der Waals surface area (Å²) in [5.74, 6) is 0.246. The summed E-state index contributed by atoms with van der Waals surface area (Å²) in [7, 11) is 0. The Labute approximate surface area is 165 Å². The van der Waals surface area contributed by atoms with E-state index in [4.69, 9.17) is 0 Å². The van der Waals surface area contributed by atoms with Crippen molar-refractivity contribution in [2.45, 2.75) is 44.2 Å². The van der Waals surface area contributed by atoms with Crippen molar-refractivity contribution in [2.24, 2.45) is 0 Å². The maximum absolute atomic E-state index is 12.7. The molecule has 0 saturated carbocycles. The molecule has 0 unspecified atom stereocenters. The van der Waals surface area contributed by atoms with Gasteiger partial charge < -0.3 is 16.0 Å². The highest BCUT2D eigenvalue weighted by atomic mass is 16.2. The lowest BCUT2D eigenvalue weighted by molar-refractivity contribution is -0.120. The van der Waals surface area contributed by atoms with Crippen molar-refractivity contribution < 1.29 is 9.59 Å². The van der Waals surface area contributed by atoms with E-state index in [1.165, 1.54) is 0 Å². The van der Waals surface area contributed by atoms with Crippen LogP contribution in [0.15, 0.2) is 48.5 Å². The largest absolute Gasteiger partial charge is 0.324 e. The fraction of sp³-hybridized carbons (Fsp3) is 0.391. The molecule has 2 aliphatic heterocycles. The predicted octanol–water partition coefficient (Wildman–Crippen LogP) is 2.91. The number of nitrogens with one attached hydrogen (secondary N) is 3. The van der Waals surface area contributed by atoms with Crippen LogP contribution in [0.1, 0.15) is 31.2 Å². The first-order valence-corrected chi connectivity index (χ1v) is 10.2. The van der Waals surface area contributed by atoms with Gasteiger partial charge in [-0.3, -0.25) is 9.59 Å². The number of benzene rings is 2. The summed E-state index contributed by atoms with van der Waals surface area (Å²) >= 11 is 0. The van der Waals surface area contributed by atoms with Gasteiger partial charge in [0.2, 0.25) is 5.91 Å². The molecule has 2 aromatic rings. The number of anilines is 1. The van der Waals surface area contributed by atoms with Crippen LogP contribution >= 0.6 is 0 Å². The molecule has 146 valence electrons. The molecule has 2 atom stereocenters. The Kier molecular flexibility index (Phi) is 5.84. The highest BCUT2D eigenvalue weighted by molar-refractivity contribution is 5.99. The quantitative estimate of drug-likeness (QED) is 0.724. The number of rotatable bonds is 6. The molecule has 2 saturated heterocycles. The summed E-state index contributed by atoms with van der Waals surface area (Å²) in [6.45, 7) is 1.81. The number of amides is 1. The second-order valence-corrected chi connectivity index (χ2v) is 7.63. The minimum atomic E-state index is -0.127. The zero-order chi connectivity index (χ0) is 19.3. The Morgan fingerprint density at radius 2 is 1.50 bits per heavy atom. The van der Waals surface area contributed by atoms with Gasteiger partial charge in [-0.15, -0.1) is 0 Å². The van der Waals surface area contributed by atoms with E-state index in [0.717, 1.165) is 61.2 Å². The van der Waals surface area contributed by atoms with Gasteiger partial charge in [-0.05, 0) is 56.0 Å². The van der Waals surface area contributed by atoms with Crippen LogP contribution in [-0.2, 0) is 16.0 Å². The Balaban J connectivity index is 1.59. The summed E-state index contributed by atoms with van der Waals surface area (Å²) < 4.78 is 0. The number of hydrogen-bond donors (Lipinski definition) is 3. The average molecular weight is 377 g/mol. The van der Waals surface area contributed by atoms with Gasteiger partial charge in [-0.1, -0.05) is 42.5 Å². The molecule has 0 aliphatic carbocycles. The monoisotopic (exact) mass is 377 g/mol. The molecule has 4 rings (SSSR count). The third kappa shape index (κ3) is 4.16. The van der Waals surface area contributed by atoms with Crippen molar-refractivity contribution >= 4 is 17.4 Å². The number of ketones is 1. The van der Waals surface area contributed by atoms with Crippen LogP contribution in [0.3, 0.4) is 0 Å². The van der Waals surface area contributed by atoms with Crippen LogP contribution in [0.5, 0.6) is 0 Å². The van der Waals surface area contributed by atoms with Gasteiger partial charge in [0.15, 0.2) is 5.78 Å². The Hall–Kier alpha value is -2.50. The van der Waals surface area contributed by atoms with Gasteiger partial charge in [0.05, 0.1) is 12.1 Å². The van der Waals surface area contributed by atoms with Crippen molar-refractivity contribution in [3.63, 3.8) is 0 Å². The number of carbonyl (C=O) groups excluding carboxylic acids is 2. The molecule has 0 bridgehead atoms. The molecule has 5 heteroatoms. The van der Waals surface area contributed by atoms with Crippen LogP contribution in [0.25, 0.3) is 11.1 Å². The van der Waals surface area contributed by atoms with Crippen LogP contribution in [0.2, 0.25) is 0 Å². The van der Waals surface area contributed by atoms with E-state index in [-0.39, 0.29) is 23.8 Å². The molecule has 3 N–H and O–H groups in total. The molecule has 2 aliphatic rings. The normalized spacial score (nSPS) is 21.6. The number of hydrogen-bond acceptors (Lipinski definition) is 4. The first-order valence-electron chi connectivity index (χ1n) is 10.2. The van der Waals surface area contributed by atoms with Gasteiger partial charge in [-0.25, -0.2) is 0 Å². The molecule has 28 heavy (non-hydrogen) atoms. The zero-order valence-electron chi connectivity index (χ0n) is 16.0. The van der Waals surface area contributed by atoms with Gasteiger partial charge in [0.25, 0.3) is 0 Å². The molecule has 0 radical (unpaired) electrons. The maximum Gasteiger partial charge on any atom is 0.241 e. The molecule has 1 amide bonds. The molecular weight excluding hydrogens is 350 g/mol. The van der Waals surface area contributed by atoms with Crippen molar-refractivity contribution in [1.29, 1.82) is 0 Å². The Bertz CT molecular complexity index is 781. The first-order chi connectivity index (χ1) is 13.7. The van der Waals surface area contributed by atoms with Gasteiger partial charge in [0, 0.05) is 17.7 Å². The van der Waals surface area contributed by atoms with E-state index >= 15 is 0 Å². The number of carbonyl (C=O) groups is 2. The van der Waals surface area contributed by atoms with E-state index < -0.39 is 0 Å². The van der Waals surface area contributed by atoms with E-state index in [9.17, 15) is 9.59 Å². The minimum Gasteiger partial charge on any atom is -0.324 e. The standard InChI is InChI=1S/C23H27N3O2/c27-22(20-11-5-13-24-20)15-16-7-1-2-8-17(16)18-9-3-4-10-19(18)26-23(28)21-12-6-14-25-21/h1-4,7-10,20-21,24-25H,5-6,11-15H2,(H,26,28)/t20-,21-/m0/s1. The summed E-state index contributed by atoms with van der Waals surface area (Å²) in [6, 6.07) is 15.7. The summed E-state index contributed by atoms with van der Waals surface area (Å²) in [5, 5.41) is 9.62. The average Bonchev–Trinajstić information content (AvgIpc) is 3.43. The summed E-state index contributed by atoms with van der Waals surface area (Å²) in [4.78, 5) is 25.3. The molecule has 5 nitrogen and oxygen atoms in total. The van der Waals surface area contributed by atoms with Crippen molar-refractivity contribution in [3.05, 3.63) is 54.1 Å². The van der Waals surface area contributed by atoms with Crippen molar-refractivity contribution in [1.82, 2.24) is 10.6 Å². The number of Topliss-reactive ketones (excluding diaryl/α,β-unsaturated/α-hetero) is 1. The lowest BCUT2D eigenvalue weighted by Gasteiger charge is -2.17. The van der Waals surface area contributed by atoms with Crippen LogP contribution in [-0.4, -0.2) is 36.9 Å². The molecule has 0 spiro atoms. The smallest absolute Gasteiger partial charge is 0.241 e. The zero-order valence-corrected chi connectivity index (χ0v) is 16.0. The topological polar surface area (TPSA) is 70.2 Å². The third-order valence-electron chi connectivity index (χ3n) is 5.68. The van der Waals surface area contributed by atoms with Crippen LogP contribution in [0.4, 0.5) is 5.69 Å². The van der Waals surface area contributed by atoms with Gasteiger partial charge in [0.1, 0.15) is 0 Å². The number of para-hydroxylation sites is 1. The SMILES string of the molecule is O=C(Cc1ccccc1-c1ccccc1NC(=O)[C@@H]1CCCN1)[C@@H]1CCCN1. The molecule has 2 fully saturated rings. The second kappa shape index (κ2) is 8.67. The highest BCUT2D eigenvalue weighted by Crippen LogP contribution is 2.31. The lowest BCUT2D eigenvalue weighted by atomic mass is 9.93. The highest BCUT2D eigenvalue weighted by Gasteiger charge is 2.24. The van der Waals surface area contributed by atoms with Crippen molar-refractivity contribution in [3.8, 4) is 11.1 Å². The summed E-state index contributed by atoms with van der Waals surface area (Å²) in [6.07, 6.45) is 4.28. The molecule has 2 heterocycles. The van der Waals surface area contributed by atoms with Crippen LogP contribution in [0, 0.1) is 0 Å². The Morgan fingerprint density at radius 3 is 2.21 bits per heavy atom. The van der Waals surface area contributed by atoms with E-state index in [1.54, 1.807) is 0 Å². The van der Waals surface area contributed by atoms with Crippen molar-refractivity contribution in [2.75, 3.05) is 18.4 Å². The fourth-order valence-electron chi connectivity index (χ4n) is 4.16. The van der Waals surface area contributed by atoms with E-state index in [2.05, 4.69) is 16.0 Å². The maximum atomic E-state index is 12.7. The lowest BCUT2D eigenvalue weighted by Crippen LogP contribution is -2.35. The minimum absolute atomic E-state index is 0.00802. The second-order valence-electron chi connectivity index (χ2n) is 7.63. The predicted molar refractivity (Wildman–Crippen MR) is 111 cm³/mol. The van der Waals surface area contributed by atoms with E-state index in [1.807, 2.05) is 48.5 Å². The van der Waals surface area contributed by atoms with Gasteiger partial charge >= 0.3 is 0 Å². The van der Waals surface area contributed by atoms with Crippen LogP contribution < -0.4 is 16.0 Å². The molecule has 0 aromatic heterocycles. The third-order valence-corrected chi connectivity index (χ3v) is 5.68. The molecule has 2 aromatic carbocycles. The first kappa shape index (κ1) is 18.8. The Morgan fingerprint density at radius 1 is 0.857 bits per heavy atom. The summed E-state index contributed by atoms with van der Waals surface area (Å²) in [5.41, 5.74) is 3.75. The van der Waals surface area contributed by atoms with Gasteiger partial charge in [-0.2, -0.15) is 0 Å². The van der Waals surface area contributed by atoms with E-state index in [0.29, 0.717) is 6.42 Å². The fourth-order valence-corrected chi connectivity index (χ4v) is 4.16. The molecular formula is C23H27N3O2.